The largest absolute Gasteiger partial charge is 0.424 e. The summed E-state index contributed by atoms with van der Waals surface area (Å²) in [5.74, 6) is 1.16. The predicted molar refractivity (Wildman–Crippen MR) is 79.5 cm³/mol. The van der Waals surface area contributed by atoms with Gasteiger partial charge in [-0.1, -0.05) is 32.0 Å². The molecule has 0 fully saturated rings. The molecule has 0 saturated heterocycles. The van der Waals surface area contributed by atoms with Crippen LogP contribution in [0.2, 0.25) is 5.28 Å². The van der Waals surface area contributed by atoms with E-state index in [1.54, 1.807) is 0 Å². The van der Waals surface area contributed by atoms with Crippen molar-refractivity contribution in [2.24, 2.45) is 0 Å². The number of nitrogens with one attached hydrogen (secondary N) is 1. The van der Waals surface area contributed by atoms with Gasteiger partial charge >= 0.3 is 6.01 Å². The van der Waals surface area contributed by atoms with Crippen molar-refractivity contribution in [2.45, 2.75) is 26.7 Å². The van der Waals surface area contributed by atoms with E-state index < -0.39 is 0 Å². The van der Waals surface area contributed by atoms with Gasteiger partial charge in [-0.3, -0.25) is 0 Å². The molecule has 0 amide bonds. The van der Waals surface area contributed by atoms with E-state index in [1.807, 2.05) is 24.3 Å². The van der Waals surface area contributed by atoms with Crippen LogP contribution < -0.4 is 10.1 Å². The van der Waals surface area contributed by atoms with Gasteiger partial charge in [-0.05, 0) is 36.1 Å². The summed E-state index contributed by atoms with van der Waals surface area (Å²) in [4.78, 5) is 12.2. The van der Waals surface area contributed by atoms with Crippen LogP contribution in [0.4, 0.5) is 5.95 Å². The topological polar surface area (TPSA) is 59.9 Å². The molecule has 2 aromatic rings. The third kappa shape index (κ3) is 3.81. The first-order valence-electron chi connectivity index (χ1n) is 6.64. The average molecular weight is 293 g/mol. The lowest BCUT2D eigenvalue weighted by molar-refractivity contribution is 0.435. The van der Waals surface area contributed by atoms with E-state index >= 15 is 0 Å². The minimum absolute atomic E-state index is 0.114. The Hall–Kier alpha value is -1.88. The summed E-state index contributed by atoms with van der Waals surface area (Å²) in [5.41, 5.74) is 1.09. The van der Waals surface area contributed by atoms with Gasteiger partial charge in [0.1, 0.15) is 5.75 Å². The number of aromatic nitrogens is 3. The van der Waals surface area contributed by atoms with Crippen LogP contribution >= 0.6 is 11.6 Å². The third-order valence-electron chi connectivity index (χ3n) is 2.68. The highest BCUT2D eigenvalue weighted by Crippen LogP contribution is 2.24. The summed E-state index contributed by atoms with van der Waals surface area (Å²) < 4.78 is 5.72. The molecular weight excluding hydrogens is 276 g/mol. The quantitative estimate of drug-likeness (QED) is 0.879. The van der Waals surface area contributed by atoms with Gasteiger partial charge in [0.05, 0.1) is 0 Å². The maximum Gasteiger partial charge on any atom is 0.328 e. The molecule has 0 unspecified atom stereocenters. The monoisotopic (exact) mass is 292 g/mol. The molecule has 6 heteroatoms. The maximum absolute atomic E-state index is 5.89. The standard InChI is InChI=1S/C14H17ClN4O/c1-3-9-16-13-17-12(15)18-14(19-13)20-11-8-6-5-7-10(11)4-2/h5-8H,3-4,9H2,1-2H3,(H,16,17,18,19). The lowest BCUT2D eigenvalue weighted by Crippen LogP contribution is -2.06. The number of hydrogen-bond donors (Lipinski definition) is 1. The Balaban J connectivity index is 2.22. The molecule has 0 aliphatic heterocycles. The van der Waals surface area contributed by atoms with Crippen molar-refractivity contribution in [1.29, 1.82) is 0 Å². The molecule has 0 spiro atoms. The number of rotatable bonds is 6. The van der Waals surface area contributed by atoms with Crippen molar-refractivity contribution < 1.29 is 4.74 Å². The highest BCUT2D eigenvalue weighted by molar-refractivity contribution is 6.28. The normalized spacial score (nSPS) is 10.3. The van der Waals surface area contributed by atoms with Gasteiger partial charge in [0.2, 0.25) is 11.2 Å². The minimum atomic E-state index is 0.114. The van der Waals surface area contributed by atoms with Crippen molar-refractivity contribution in [3.63, 3.8) is 0 Å². The molecule has 5 nitrogen and oxygen atoms in total. The average Bonchev–Trinajstić information content (AvgIpc) is 2.45. The molecule has 0 aliphatic carbocycles. The molecule has 1 heterocycles. The van der Waals surface area contributed by atoms with Gasteiger partial charge < -0.3 is 10.1 Å². The Labute approximate surface area is 123 Å². The highest BCUT2D eigenvalue weighted by Gasteiger charge is 2.09. The fourth-order valence-electron chi connectivity index (χ4n) is 1.69. The summed E-state index contributed by atoms with van der Waals surface area (Å²) in [7, 11) is 0. The number of aryl methyl sites for hydroxylation is 1. The molecule has 0 aliphatic rings. The van der Waals surface area contributed by atoms with Crippen LogP contribution in [0.3, 0.4) is 0 Å². The van der Waals surface area contributed by atoms with Gasteiger partial charge in [-0.15, -0.1) is 0 Å². The fourth-order valence-corrected chi connectivity index (χ4v) is 1.84. The van der Waals surface area contributed by atoms with Crippen LogP contribution in [0.5, 0.6) is 11.8 Å². The molecular formula is C14H17ClN4O. The third-order valence-corrected chi connectivity index (χ3v) is 2.84. The Morgan fingerprint density at radius 2 is 1.95 bits per heavy atom. The number of ether oxygens (including phenoxy) is 1. The van der Waals surface area contributed by atoms with E-state index in [1.165, 1.54) is 0 Å². The molecule has 20 heavy (non-hydrogen) atoms. The van der Waals surface area contributed by atoms with Gasteiger partial charge in [-0.2, -0.15) is 15.0 Å². The number of halogens is 1. The van der Waals surface area contributed by atoms with E-state index in [0.717, 1.165) is 30.7 Å². The summed E-state index contributed by atoms with van der Waals surface area (Å²) in [6.07, 6.45) is 1.84. The first-order valence-corrected chi connectivity index (χ1v) is 7.02. The molecule has 1 aromatic heterocycles. The fraction of sp³-hybridized carbons (Fsp3) is 0.357. The maximum atomic E-state index is 5.89. The van der Waals surface area contributed by atoms with Crippen LogP contribution in [0.1, 0.15) is 25.8 Å². The molecule has 0 bridgehead atoms. The molecule has 0 radical (unpaired) electrons. The first kappa shape index (κ1) is 14.5. The van der Waals surface area contributed by atoms with Crippen molar-refractivity contribution in [2.75, 3.05) is 11.9 Å². The second kappa shape index (κ2) is 7.05. The van der Waals surface area contributed by atoms with Crippen LogP contribution in [-0.4, -0.2) is 21.5 Å². The van der Waals surface area contributed by atoms with E-state index in [0.29, 0.717) is 5.95 Å². The summed E-state index contributed by atoms with van der Waals surface area (Å²) in [6, 6.07) is 7.97. The number of nitrogens with zero attached hydrogens (tertiary/aromatic N) is 3. The number of benzene rings is 1. The van der Waals surface area contributed by atoms with Crippen molar-refractivity contribution in [3.8, 4) is 11.8 Å². The zero-order valence-electron chi connectivity index (χ0n) is 11.6. The SMILES string of the molecule is CCCNc1nc(Cl)nc(Oc2ccccc2CC)n1. The first-order chi connectivity index (χ1) is 9.72. The van der Waals surface area contributed by atoms with Crippen LogP contribution in [0, 0.1) is 0 Å². The zero-order chi connectivity index (χ0) is 14.4. The van der Waals surface area contributed by atoms with Crippen molar-refractivity contribution in [1.82, 2.24) is 15.0 Å². The van der Waals surface area contributed by atoms with Gasteiger partial charge in [0, 0.05) is 6.54 Å². The van der Waals surface area contributed by atoms with Gasteiger partial charge in [0.15, 0.2) is 0 Å². The number of para-hydroxylation sites is 1. The highest BCUT2D eigenvalue weighted by atomic mass is 35.5. The Kier molecular flexibility index (Phi) is 5.12. The van der Waals surface area contributed by atoms with E-state index in [-0.39, 0.29) is 11.3 Å². The molecule has 2 rings (SSSR count). The van der Waals surface area contributed by atoms with Gasteiger partial charge in [-0.25, -0.2) is 0 Å². The van der Waals surface area contributed by atoms with Crippen molar-refractivity contribution >= 4 is 17.5 Å². The van der Waals surface area contributed by atoms with Crippen molar-refractivity contribution in [3.05, 3.63) is 35.1 Å². The summed E-state index contributed by atoms with van der Waals surface area (Å²) in [5, 5.41) is 3.18. The summed E-state index contributed by atoms with van der Waals surface area (Å²) in [6.45, 7) is 4.90. The van der Waals surface area contributed by atoms with E-state index in [4.69, 9.17) is 16.3 Å². The molecule has 1 aromatic carbocycles. The molecule has 1 N–H and O–H groups in total. The van der Waals surface area contributed by atoms with Crippen LogP contribution in [0.15, 0.2) is 24.3 Å². The van der Waals surface area contributed by atoms with Crippen LogP contribution in [-0.2, 0) is 6.42 Å². The molecule has 0 atom stereocenters. The number of hydrogen-bond acceptors (Lipinski definition) is 5. The van der Waals surface area contributed by atoms with E-state index in [2.05, 4.69) is 34.1 Å². The molecule has 0 saturated carbocycles. The smallest absolute Gasteiger partial charge is 0.328 e. The Bertz CT molecular complexity index is 577. The Morgan fingerprint density at radius 3 is 2.70 bits per heavy atom. The summed E-state index contributed by atoms with van der Waals surface area (Å²) >= 11 is 5.89. The van der Waals surface area contributed by atoms with E-state index in [9.17, 15) is 0 Å². The zero-order valence-corrected chi connectivity index (χ0v) is 12.3. The van der Waals surface area contributed by atoms with Gasteiger partial charge in [0.25, 0.3) is 0 Å². The Morgan fingerprint density at radius 1 is 1.15 bits per heavy atom. The lowest BCUT2D eigenvalue weighted by Gasteiger charge is -2.09. The number of anilines is 1. The second-order valence-corrected chi connectivity index (χ2v) is 4.54. The lowest BCUT2D eigenvalue weighted by atomic mass is 10.1. The predicted octanol–water partition coefficient (Wildman–Crippen LogP) is 3.70. The van der Waals surface area contributed by atoms with Crippen LogP contribution in [0.25, 0.3) is 0 Å². The second-order valence-electron chi connectivity index (χ2n) is 4.20. The molecule has 106 valence electrons. The minimum Gasteiger partial charge on any atom is -0.424 e.